The average molecular weight is 248 g/mol. The lowest BCUT2D eigenvalue weighted by Gasteiger charge is -2.09. The first-order valence-corrected chi connectivity index (χ1v) is 4.85. The van der Waals surface area contributed by atoms with Gasteiger partial charge in [-0.25, -0.2) is 22.9 Å². The van der Waals surface area contributed by atoms with Crippen LogP contribution in [-0.2, 0) is 11.3 Å². The molecule has 0 aromatic carbocycles. The number of hydrogen-bond acceptors (Lipinski definition) is 4. The molecule has 0 saturated carbocycles. The molecule has 0 radical (unpaired) electrons. The second kappa shape index (κ2) is 5.62. The van der Waals surface area contributed by atoms with Crippen molar-refractivity contribution in [2.75, 3.05) is 6.61 Å². The molecular weight excluding hydrogens is 237 g/mol. The minimum absolute atomic E-state index is 0.0464. The van der Waals surface area contributed by atoms with E-state index in [9.17, 15) is 18.0 Å². The number of pyridine rings is 1. The van der Waals surface area contributed by atoms with Gasteiger partial charge in [0.05, 0.1) is 6.61 Å². The van der Waals surface area contributed by atoms with E-state index in [4.69, 9.17) is 5.73 Å². The van der Waals surface area contributed by atoms with Crippen LogP contribution in [0.4, 0.5) is 13.2 Å². The molecule has 2 N–H and O–H groups in total. The third-order valence-electron chi connectivity index (χ3n) is 2.00. The van der Waals surface area contributed by atoms with Crippen molar-refractivity contribution in [2.24, 2.45) is 5.73 Å². The van der Waals surface area contributed by atoms with Crippen molar-refractivity contribution in [1.29, 1.82) is 0 Å². The highest BCUT2D eigenvalue weighted by Gasteiger charge is 2.22. The van der Waals surface area contributed by atoms with Crippen LogP contribution in [0, 0.1) is 5.82 Å². The maximum absolute atomic E-state index is 13.4. The first-order chi connectivity index (χ1) is 8.01. The maximum atomic E-state index is 13.4. The summed E-state index contributed by atoms with van der Waals surface area (Å²) in [5, 5.41) is 0. The predicted molar refractivity (Wildman–Crippen MR) is 53.0 cm³/mol. The zero-order valence-corrected chi connectivity index (χ0v) is 9.04. The Balaban J connectivity index is 3.24. The third-order valence-corrected chi connectivity index (χ3v) is 2.00. The van der Waals surface area contributed by atoms with Crippen molar-refractivity contribution >= 4 is 5.97 Å². The summed E-state index contributed by atoms with van der Waals surface area (Å²) in [6.45, 7) is 1.17. The molecule has 1 heterocycles. The molecule has 0 bridgehead atoms. The molecule has 0 unspecified atom stereocenters. The van der Waals surface area contributed by atoms with Crippen molar-refractivity contribution in [3.8, 4) is 0 Å². The number of carbonyl (C=O) groups is 1. The normalized spacial score (nSPS) is 10.7. The molecule has 0 spiro atoms. The highest BCUT2D eigenvalue weighted by Crippen LogP contribution is 2.23. The Kier molecular flexibility index (Phi) is 4.45. The fourth-order valence-corrected chi connectivity index (χ4v) is 1.25. The van der Waals surface area contributed by atoms with Gasteiger partial charge in [-0.05, 0) is 6.92 Å². The van der Waals surface area contributed by atoms with Crippen LogP contribution in [0.25, 0.3) is 0 Å². The number of halogens is 3. The average Bonchev–Trinajstić information content (AvgIpc) is 2.28. The Bertz CT molecular complexity index is 424. The van der Waals surface area contributed by atoms with E-state index in [2.05, 4.69) is 9.72 Å². The smallest absolute Gasteiger partial charge is 0.357 e. The van der Waals surface area contributed by atoms with Gasteiger partial charge in [0.1, 0.15) is 11.5 Å². The number of esters is 1. The van der Waals surface area contributed by atoms with E-state index in [1.807, 2.05) is 0 Å². The van der Waals surface area contributed by atoms with E-state index in [0.717, 1.165) is 6.07 Å². The molecule has 17 heavy (non-hydrogen) atoms. The lowest BCUT2D eigenvalue weighted by molar-refractivity contribution is 0.0517. The van der Waals surface area contributed by atoms with Gasteiger partial charge in [-0.1, -0.05) is 0 Å². The van der Waals surface area contributed by atoms with Gasteiger partial charge >= 0.3 is 5.97 Å². The molecule has 94 valence electrons. The number of nitrogens with two attached hydrogens (primary N) is 1. The zero-order valence-electron chi connectivity index (χ0n) is 9.04. The zero-order chi connectivity index (χ0) is 13.0. The Hall–Kier alpha value is -1.63. The van der Waals surface area contributed by atoms with Crippen LogP contribution in [-0.4, -0.2) is 17.6 Å². The summed E-state index contributed by atoms with van der Waals surface area (Å²) in [7, 11) is 0. The Labute approximate surface area is 95.6 Å². The number of aromatic nitrogens is 1. The van der Waals surface area contributed by atoms with Crippen LogP contribution in [0.15, 0.2) is 6.07 Å². The summed E-state index contributed by atoms with van der Waals surface area (Å²) in [5.41, 5.74) is 3.44. The molecule has 1 aromatic heterocycles. The molecular formula is C10H11F3N2O2. The van der Waals surface area contributed by atoms with Gasteiger partial charge in [-0.15, -0.1) is 0 Å². The third kappa shape index (κ3) is 2.94. The Morgan fingerprint density at radius 3 is 2.71 bits per heavy atom. The van der Waals surface area contributed by atoms with Crippen molar-refractivity contribution in [3.63, 3.8) is 0 Å². The molecule has 4 nitrogen and oxygen atoms in total. The van der Waals surface area contributed by atoms with E-state index in [-0.39, 0.29) is 6.61 Å². The predicted octanol–water partition coefficient (Wildman–Crippen LogP) is 1.79. The second-order valence-electron chi connectivity index (χ2n) is 3.08. The first-order valence-electron chi connectivity index (χ1n) is 4.85. The minimum atomic E-state index is -3.00. The van der Waals surface area contributed by atoms with E-state index >= 15 is 0 Å². The minimum Gasteiger partial charge on any atom is -0.461 e. The highest BCUT2D eigenvalue weighted by molar-refractivity contribution is 5.87. The SMILES string of the molecule is CCOC(=O)c1cc(F)c(CN)c(C(F)F)n1. The molecule has 0 amide bonds. The van der Waals surface area contributed by atoms with Crippen LogP contribution < -0.4 is 5.73 Å². The summed E-state index contributed by atoms with van der Waals surface area (Å²) in [5.74, 6) is -1.93. The van der Waals surface area contributed by atoms with Gasteiger partial charge in [-0.2, -0.15) is 0 Å². The number of alkyl halides is 2. The Morgan fingerprint density at radius 1 is 1.59 bits per heavy atom. The number of ether oxygens (including phenoxy) is 1. The molecule has 1 rings (SSSR count). The maximum Gasteiger partial charge on any atom is 0.357 e. The van der Waals surface area contributed by atoms with Crippen LogP contribution >= 0.6 is 0 Å². The van der Waals surface area contributed by atoms with Crippen LogP contribution in [0.1, 0.15) is 35.1 Å². The van der Waals surface area contributed by atoms with E-state index in [1.54, 1.807) is 0 Å². The lowest BCUT2D eigenvalue weighted by atomic mass is 10.1. The molecule has 7 heteroatoms. The van der Waals surface area contributed by atoms with Crippen molar-refractivity contribution in [1.82, 2.24) is 4.98 Å². The number of nitrogens with zero attached hydrogens (tertiary/aromatic N) is 1. The van der Waals surface area contributed by atoms with Crippen LogP contribution in [0.3, 0.4) is 0 Å². The first kappa shape index (κ1) is 13.4. The van der Waals surface area contributed by atoms with Crippen LogP contribution in [0.5, 0.6) is 0 Å². The van der Waals surface area contributed by atoms with E-state index in [1.165, 1.54) is 6.92 Å². The van der Waals surface area contributed by atoms with Crippen molar-refractivity contribution in [2.45, 2.75) is 19.9 Å². The molecule has 0 atom stereocenters. The topological polar surface area (TPSA) is 65.2 Å². The van der Waals surface area contributed by atoms with Gasteiger partial charge in [0.25, 0.3) is 6.43 Å². The summed E-state index contributed by atoms with van der Waals surface area (Å²) < 4.78 is 43.1. The van der Waals surface area contributed by atoms with E-state index < -0.39 is 41.7 Å². The van der Waals surface area contributed by atoms with Crippen molar-refractivity contribution in [3.05, 3.63) is 28.8 Å². The quantitative estimate of drug-likeness (QED) is 0.825. The molecule has 1 aromatic rings. The molecule has 0 aliphatic heterocycles. The summed E-state index contributed by atoms with van der Waals surface area (Å²) in [4.78, 5) is 14.6. The standard InChI is InChI=1S/C10H11F3N2O2/c1-2-17-10(16)7-3-6(11)5(4-14)8(15-7)9(12)13/h3,9H,2,4,14H2,1H3. The lowest BCUT2D eigenvalue weighted by Crippen LogP contribution is -2.14. The summed E-state index contributed by atoms with van der Waals surface area (Å²) in [6, 6.07) is 0.742. The largest absolute Gasteiger partial charge is 0.461 e. The van der Waals surface area contributed by atoms with Gasteiger partial charge in [-0.3, -0.25) is 0 Å². The fraction of sp³-hybridized carbons (Fsp3) is 0.400. The summed E-state index contributed by atoms with van der Waals surface area (Å²) in [6.07, 6.45) is -3.00. The van der Waals surface area contributed by atoms with Gasteiger partial charge < -0.3 is 10.5 Å². The van der Waals surface area contributed by atoms with E-state index in [0.29, 0.717) is 0 Å². The van der Waals surface area contributed by atoms with Gasteiger partial charge in [0, 0.05) is 18.2 Å². The van der Waals surface area contributed by atoms with Gasteiger partial charge in [0.15, 0.2) is 5.69 Å². The molecule has 0 aliphatic rings. The number of hydrogen-bond donors (Lipinski definition) is 1. The van der Waals surface area contributed by atoms with Gasteiger partial charge in [0.2, 0.25) is 0 Å². The molecule has 0 aliphatic carbocycles. The number of carbonyl (C=O) groups excluding carboxylic acids is 1. The van der Waals surface area contributed by atoms with Crippen molar-refractivity contribution < 1.29 is 22.7 Å². The fourth-order valence-electron chi connectivity index (χ4n) is 1.25. The number of rotatable bonds is 4. The summed E-state index contributed by atoms with van der Waals surface area (Å²) >= 11 is 0. The monoisotopic (exact) mass is 248 g/mol. The Morgan fingerprint density at radius 2 is 2.24 bits per heavy atom. The molecule has 0 saturated heterocycles. The molecule has 0 fully saturated rings. The van der Waals surface area contributed by atoms with Crippen LogP contribution in [0.2, 0.25) is 0 Å². The highest BCUT2D eigenvalue weighted by atomic mass is 19.3. The second-order valence-corrected chi connectivity index (χ2v) is 3.08.